The molecule has 3 aromatic rings. The second-order valence-corrected chi connectivity index (χ2v) is 10.6. The maximum absolute atomic E-state index is 15.3. The molecule has 2 unspecified atom stereocenters. The van der Waals surface area contributed by atoms with E-state index in [1.165, 1.54) is 12.7 Å². The molecule has 0 amide bonds. The Kier molecular flexibility index (Phi) is 8.97. The van der Waals surface area contributed by atoms with Crippen LogP contribution in [0.25, 0.3) is 11.2 Å². The molecule has 0 aromatic carbocycles. The molecule has 16 nitrogen and oxygen atoms in total. The number of nitrogen functional groups attached to an aromatic ring is 1. The molecule has 0 aliphatic carbocycles. The number of aromatic nitrogens is 6. The Labute approximate surface area is 226 Å². The number of nitrogens with one attached hydrogen (secondary N) is 1. The van der Waals surface area contributed by atoms with Gasteiger partial charge in [0.05, 0.1) is 19.5 Å². The summed E-state index contributed by atoms with van der Waals surface area (Å²) in [5, 5.41) is 0. The van der Waals surface area contributed by atoms with Gasteiger partial charge in [0, 0.05) is 25.8 Å². The van der Waals surface area contributed by atoms with Crippen LogP contribution < -0.4 is 17.0 Å². The van der Waals surface area contributed by atoms with Crippen LogP contribution in [-0.4, -0.2) is 80.0 Å². The molecule has 9 atom stereocenters. The molecule has 0 bridgehead atoms. The molecule has 3 aromatic heterocycles. The molecule has 218 valence electrons. The van der Waals surface area contributed by atoms with Crippen molar-refractivity contribution >= 4 is 34.3 Å². The number of hydrogen-bond donors (Lipinski definition) is 2. The van der Waals surface area contributed by atoms with Crippen LogP contribution in [-0.2, 0) is 32.1 Å². The average Bonchev–Trinajstić information content (AvgIpc) is 3.61. The first-order chi connectivity index (χ1) is 19.3. The Morgan fingerprint density at radius 3 is 2.80 bits per heavy atom. The summed E-state index contributed by atoms with van der Waals surface area (Å²) in [4.78, 5) is 38.0. The lowest BCUT2D eigenvalue weighted by atomic mass is 10.1. The van der Waals surface area contributed by atoms with E-state index >= 15 is 4.39 Å². The van der Waals surface area contributed by atoms with E-state index in [9.17, 15) is 18.5 Å². The number of aromatic amines is 1. The number of nitrogens with zero attached hydrogens (tertiary/aromatic N) is 5. The number of fused-ring (bicyclic) bond motifs is 1. The molecule has 20 heteroatoms. The van der Waals surface area contributed by atoms with Crippen LogP contribution in [0.4, 0.5) is 14.6 Å². The number of hydrogen-bond acceptors (Lipinski definition) is 13. The van der Waals surface area contributed by atoms with Crippen molar-refractivity contribution in [3.05, 3.63) is 45.8 Å². The molecule has 0 radical (unpaired) electrons. The van der Waals surface area contributed by atoms with Crippen molar-refractivity contribution in [3.63, 3.8) is 0 Å². The topological polar surface area (TPSA) is 197 Å². The third-order valence-electron chi connectivity index (χ3n) is 6.27. The highest BCUT2D eigenvalue weighted by Gasteiger charge is 2.48. The van der Waals surface area contributed by atoms with E-state index < -0.39 is 78.3 Å². The summed E-state index contributed by atoms with van der Waals surface area (Å²) in [6, 6.07) is 1.06. The number of ether oxygens (including phenoxy) is 2. The smallest absolute Gasteiger partial charge is 0.330 e. The highest BCUT2D eigenvalue weighted by atomic mass is 31.1. The zero-order chi connectivity index (χ0) is 28.4. The second-order valence-electron chi connectivity index (χ2n) is 8.73. The minimum atomic E-state index is -2.87. The Bertz CT molecular complexity index is 1480. The Hall–Kier alpha value is -2.69. The normalized spacial score (nSPS) is 29.6. The van der Waals surface area contributed by atoms with E-state index in [0.717, 1.165) is 23.9 Å². The number of halogens is 2. The summed E-state index contributed by atoms with van der Waals surface area (Å²) >= 11 is 0. The van der Waals surface area contributed by atoms with Crippen LogP contribution in [0.3, 0.4) is 0 Å². The molecule has 5 rings (SSSR count). The van der Waals surface area contributed by atoms with Crippen LogP contribution in [0, 0.1) is 0 Å². The molecular formula is C20H25F2N7O9P2. The van der Waals surface area contributed by atoms with E-state index in [2.05, 4.69) is 24.5 Å². The lowest BCUT2D eigenvalue weighted by molar-refractivity contribution is -0.0484. The van der Waals surface area contributed by atoms with Crippen LogP contribution in [0.2, 0.25) is 0 Å². The van der Waals surface area contributed by atoms with Crippen molar-refractivity contribution in [3.8, 4) is 0 Å². The Morgan fingerprint density at radius 1 is 1.20 bits per heavy atom. The van der Waals surface area contributed by atoms with Gasteiger partial charge < -0.3 is 33.3 Å². The van der Waals surface area contributed by atoms with Crippen LogP contribution in [0.15, 0.2) is 34.5 Å². The lowest BCUT2D eigenvalue weighted by Gasteiger charge is -2.21. The standard InChI is InChI=1S/C20H25F2N7O9P2/c1-33-40(32)35-6-11-14(22)16(19(37-11)28-3-2-12(30)27-20(28)31)38-39-34-5-10-9(21)4-13(36-10)29-8-26-15-17(23)24-7-25-18(15)29/h2-3,7-11,13-14,16,19,39-40H,4-6H2,1H3,(H2,23,24,25)(H,27,30,31)/t9-,10+,11+,13+,14+,16+,19+/m0/s1. The molecule has 40 heavy (non-hydrogen) atoms. The number of H-pyrrole nitrogens is 1. The third kappa shape index (κ3) is 5.99. The van der Waals surface area contributed by atoms with Crippen LogP contribution >= 0.6 is 17.3 Å². The first-order valence-corrected chi connectivity index (χ1v) is 13.9. The maximum Gasteiger partial charge on any atom is 0.330 e. The first-order valence-electron chi connectivity index (χ1n) is 11.8. The quantitative estimate of drug-likeness (QED) is 0.229. The summed E-state index contributed by atoms with van der Waals surface area (Å²) in [6.45, 7) is -0.679. The van der Waals surface area contributed by atoms with Crippen LogP contribution in [0.1, 0.15) is 18.9 Å². The average molecular weight is 607 g/mol. The van der Waals surface area contributed by atoms with Gasteiger partial charge in [-0.05, 0) is 0 Å². The van der Waals surface area contributed by atoms with E-state index in [0.29, 0.717) is 11.2 Å². The summed E-state index contributed by atoms with van der Waals surface area (Å²) in [5.41, 5.74) is 5.04. The fraction of sp³-hybridized carbons (Fsp3) is 0.550. The molecule has 0 saturated carbocycles. The molecule has 2 fully saturated rings. The van der Waals surface area contributed by atoms with Crippen molar-refractivity contribution < 1.29 is 40.9 Å². The SMILES string of the molecule is CO[PH](=O)OC[C@H]1O[C@@H](n2ccc(=O)[nH]c2=O)[C@H](OPOC[C@H]2O[C@@H](n3cnc4c(N)ncnc43)C[C@@H]2F)[C@@H]1F. The number of nitrogens with two attached hydrogens (primary N) is 1. The van der Waals surface area contributed by atoms with Gasteiger partial charge in [-0.1, -0.05) is 0 Å². The number of alkyl halides is 2. The third-order valence-corrected chi connectivity index (χ3v) is 7.66. The molecule has 5 heterocycles. The zero-order valence-electron chi connectivity index (χ0n) is 20.7. The maximum atomic E-state index is 15.3. The molecule has 2 aliphatic rings. The van der Waals surface area contributed by atoms with E-state index in [-0.39, 0.29) is 18.8 Å². The summed E-state index contributed by atoms with van der Waals surface area (Å²) in [7, 11) is -2.51. The molecule has 2 aliphatic heterocycles. The highest BCUT2D eigenvalue weighted by Crippen LogP contribution is 2.39. The van der Waals surface area contributed by atoms with Gasteiger partial charge in [-0.25, -0.2) is 28.5 Å². The number of imidazole rings is 1. The van der Waals surface area contributed by atoms with Crippen molar-refractivity contribution in [2.24, 2.45) is 0 Å². The Balaban J connectivity index is 1.20. The first kappa shape index (κ1) is 28.8. The fourth-order valence-corrected chi connectivity index (χ4v) is 5.39. The van der Waals surface area contributed by atoms with Crippen molar-refractivity contribution in [1.82, 2.24) is 29.1 Å². The largest absolute Gasteiger partial charge is 0.382 e. The molecule has 0 spiro atoms. The summed E-state index contributed by atoms with van der Waals surface area (Å²) in [6.07, 6.45) is -5.09. The minimum Gasteiger partial charge on any atom is -0.382 e. The zero-order valence-corrected chi connectivity index (χ0v) is 22.7. The van der Waals surface area contributed by atoms with E-state index in [1.54, 1.807) is 4.57 Å². The molecule has 2 saturated heterocycles. The molecule has 3 N–H and O–H groups in total. The van der Waals surface area contributed by atoms with Crippen molar-refractivity contribution in [2.75, 3.05) is 26.1 Å². The van der Waals surface area contributed by atoms with Gasteiger partial charge in [-0.15, -0.1) is 0 Å². The predicted octanol–water partition coefficient (Wildman–Crippen LogP) is 0.783. The lowest BCUT2D eigenvalue weighted by Crippen LogP contribution is -2.37. The van der Waals surface area contributed by atoms with Gasteiger partial charge in [-0.2, -0.15) is 0 Å². The van der Waals surface area contributed by atoms with Gasteiger partial charge in [-0.3, -0.25) is 23.5 Å². The Morgan fingerprint density at radius 2 is 2.02 bits per heavy atom. The van der Waals surface area contributed by atoms with Gasteiger partial charge in [0.2, 0.25) is 0 Å². The minimum absolute atomic E-state index is 0.000124. The number of rotatable bonds is 11. The van der Waals surface area contributed by atoms with E-state index in [1.807, 2.05) is 0 Å². The summed E-state index contributed by atoms with van der Waals surface area (Å²) in [5.74, 6) is 0.183. The second kappa shape index (κ2) is 12.4. The monoisotopic (exact) mass is 607 g/mol. The van der Waals surface area contributed by atoms with Gasteiger partial charge in [0.1, 0.15) is 42.6 Å². The van der Waals surface area contributed by atoms with Gasteiger partial charge in [0.15, 0.2) is 32.9 Å². The van der Waals surface area contributed by atoms with E-state index in [4.69, 9.17) is 28.8 Å². The van der Waals surface area contributed by atoms with Crippen LogP contribution in [0.5, 0.6) is 0 Å². The fourth-order valence-electron chi connectivity index (χ4n) is 4.31. The highest BCUT2D eigenvalue weighted by molar-refractivity contribution is 7.33. The molecular weight excluding hydrogens is 582 g/mol. The number of anilines is 1. The van der Waals surface area contributed by atoms with Gasteiger partial charge in [0.25, 0.3) is 5.56 Å². The predicted molar refractivity (Wildman–Crippen MR) is 134 cm³/mol. The van der Waals surface area contributed by atoms with Gasteiger partial charge >= 0.3 is 13.9 Å². The van der Waals surface area contributed by atoms with Crippen molar-refractivity contribution in [1.29, 1.82) is 0 Å². The summed E-state index contributed by atoms with van der Waals surface area (Å²) < 4.78 is 76.0. The van der Waals surface area contributed by atoms with Crippen molar-refractivity contribution in [2.45, 2.75) is 49.5 Å².